The molecule has 1 saturated heterocycles. The molecule has 1 fully saturated rings. The Morgan fingerprint density at radius 2 is 1.52 bits per heavy atom. The number of nitrogens with one attached hydrogen (secondary N) is 1. The van der Waals surface area contributed by atoms with Crippen LogP contribution in [0.1, 0.15) is 53.3 Å². The van der Waals surface area contributed by atoms with Gasteiger partial charge in [-0.15, -0.1) is 6.58 Å². The molecule has 0 radical (unpaired) electrons. The van der Waals surface area contributed by atoms with Gasteiger partial charge in [0.05, 0.1) is 18.8 Å². The molecular formula is C25H45NO3Si2. The van der Waals surface area contributed by atoms with Crippen LogP contribution in [-0.2, 0) is 13.6 Å². The molecule has 1 aliphatic rings. The summed E-state index contributed by atoms with van der Waals surface area (Å²) in [6.07, 6.45) is 1.35. The Labute approximate surface area is 193 Å². The molecule has 176 valence electrons. The van der Waals surface area contributed by atoms with Gasteiger partial charge in [0.25, 0.3) is 0 Å². The zero-order chi connectivity index (χ0) is 23.7. The summed E-state index contributed by atoms with van der Waals surface area (Å²) in [5.74, 6) is 0. The van der Waals surface area contributed by atoms with Crippen LogP contribution in [0.4, 0.5) is 0 Å². The fourth-order valence-corrected chi connectivity index (χ4v) is 5.47. The largest absolute Gasteiger partial charge is 0.415 e. The van der Waals surface area contributed by atoms with E-state index in [4.69, 9.17) is 13.6 Å². The number of rotatable bonds is 7. The molecule has 0 aliphatic carbocycles. The first kappa shape index (κ1) is 26.5. The van der Waals surface area contributed by atoms with Gasteiger partial charge in [0.15, 0.2) is 16.6 Å². The summed E-state index contributed by atoms with van der Waals surface area (Å²) < 4.78 is 20.0. The Balaban J connectivity index is 2.34. The van der Waals surface area contributed by atoms with Crippen LogP contribution in [0.5, 0.6) is 0 Å². The SMILES string of the molecule is C=C[C@H]1OC(c2ccccc2)N[C@H](CO[Si](C)(C)C(C)(C)C)[C@@H]1O[Si](C)(C)C(C)(C)C. The predicted molar refractivity (Wildman–Crippen MR) is 136 cm³/mol. The van der Waals surface area contributed by atoms with Crippen molar-refractivity contribution in [2.75, 3.05) is 6.61 Å². The van der Waals surface area contributed by atoms with Crippen molar-refractivity contribution in [3.63, 3.8) is 0 Å². The summed E-state index contributed by atoms with van der Waals surface area (Å²) in [7, 11) is -3.92. The zero-order valence-corrected chi connectivity index (χ0v) is 23.4. The van der Waals surface area contributed by atoms with Crippen molar-refractivity contribution in [2.45, 2.75) is 102 Å². The third-order valence-corrected chi connectivity index (χ3v) is 16.4. The van der Waals surface area contributed by atoms with Crippen molar-refractivity contribution in [3.05, 3.63) is 48.6 Å². The molecule has 1 heterocycles. The third kappa shape index (κ3) is 6.39. The highest BCUT2D eigenvalue weighted by atomic mass is 28.4. The Morgan fingerprint density at radius 3 is 2.00 bits per heavy atom. The number of ether oxygens (including phenoxy) is 1. The maximum absolute atomic E-state index is 6.91. The van der Waals surface area contributed by atoms with E-state index in [1.807, 2.05) is 24.3 Å². The summed E-state index contributed by atoms with van der Waals surface area (Å²) in [6.45, 7) is 27.5. The van der Waals surface area contributed by atoms with E-state index < -0.39 is 16.6 Å². The highest BCUT2D eigenvalue weighted by molar-refractivity contribution is 6.74. The smallest absolute Gasteiger partial charge is 0.192 e. The van der Waals surface area contributed by atoms with Crippen LogP contribution in [0.15, 0.2) is 43.0 Å². The Morgan fingerprint density at radius 1 is 0.968 bits per heavy atom. The monoisotopic (exact) mass is 463 g/mol. The Hall–Kier alpha value is -0.766. The van der Waals surface area contributed by atoms with Crippen LogP contribution in [0.25, 0.3) is 0 Å². The first-order valence-electron chi connectivity index (χ1n) is 11.5. The van der Waals surface area contributed by atoms with Crippen LogP contribution < -0.4 is 5.32 Å². The molecule has 1 aromatic carbocycles. The first-order chi connectivity index (χ1) is 14.1. The van der Waals surface area contributed by atoms with Crippen molar-refractivity contribution >= 4 is 16.6 Å². The minimum atomic E-state index is -2.02. The lowest BCUT2D eigenvalue weighted by Crippen LogP contribution is -2.62. The fourth-order valence-electron chi connectivity index (χ4n) is 3.11. The van der Waals surface area contributed by atoms with Gasteiger partial charge < -0.3 is 13.6 Å². The van der Waals surface area contributed by atoms with Gasteiger partial charge in [-0.25, -0.2) is 0 Å². The van der Waals surface area contributed by atoms with E-state index in [1.54, 1.807) is 0 Å². The van der Waals surface area contributed by atoms with E-state index in [-0.39, 0.29) is 34.6 Å². The third-order valence-electron chi connectivity index (χ3n) is 7.38. The van der Waals surface area contributed by atoms with E-state index in [9.17, 15) is 0 Å². The van der Waals surface area contributed by atoms with E-state index in [0.29, 0.717) is 6.61 Å². The number of hydrogen-bond acceptors (Lipinski definition) is 4. The number of hydrogen-bond donors (Lipinski definition) is 1. The molecule has 1 aromatic rings. The van der Waals surface area contributed by atoms with Crippen LogP contribution in [0.3, 0.4) is 0 Å². The molecule has 0 spiro atoms. The quantitative estimate of drug-likeness (QED) is 0.363. The zero-order valence-electron chi connectivity index (χ0n) is 21.4. The van der Waals surface area contributed by atoms with Gasteiger partial charge in [0.2, 0.25) is 0 Å². The van der Waals surface area contributed by atoms with Gasteiger partial charge in [-0.3, -0.25) is 5.32 Å². The van der Waals surface area contributed by atoms with Gasteiger partial charge in [0.1, 0.15) is 12.3 Å². The lowest BCUT2D eigenvalue weighted by molar-refractivity contribution is -0.127. The normalized spacial score (nSPS) is 26.0. The second kappa shape index (κ2) is 9.61. The molecule has 6 heteroatoms. The van der Waals surface area contributed by atoms with Gasteiger partial charge >= 0.3 is 0 Å². The summed E-state index contributed by atoms with van der Waals surface area (Å²) in [5, 5.41) is 3.97. The average molecular weight is 464 g/mol. The molecule has 4 nitrogen and oxygen atoms in total. The molecule has 1 aliphatic heterocycles. The first-order valence-corrected chi connectivity index (χ1v) is 17.3. The van der Waals surface area contributed by atoms with Crippen LogP contribution in [0, 0.1) is 0 Å². The Bertz CT molecular complexity index is 723. The molecule has 0 amide bonds. The van der Waals surface area contributed by atoms with Crippen LogP contribution >= 0.6 is 0 Å². The molecule has 31 heavy (non-hydrogen) atoms. The molecule has 2 rings (SSSR count). The standard InChI is InChI=1S/C25H45NO3Si2/c1-12-21-22(29-31(10,11)25(5,6)7)20(18-27-30(8,9)24(2,3)4)26-23(28-21)19-16-14-13-15-17-19/h12-17,20-23,26H,1,18H2,2-11H3/t20-,21-,22+,23?/m1/s1. The summed E-state index contributed by atoms with van der Waals surface area (Å²) in [5.41, 5.74) is 1.11. The van der Waals surface area contributed by atoms with E-state index >= 15 is 0 Å². The summed E-state index contributed by atoms with van der Waals surface area (Å²) >= 11 is 0. The highest BCUT2D eigenvalue weighted by Gasteiger charge is 2.47. The molecular weight excluding hydrogens is 418 g/mol. The second-order valence-electron chi connectivity index (χ2n) is 11.8. The van der Waals surface area contributed by atoms with Crippen LogP contribution in [-0.4, -0.2) is 41.5 Å². The van der Waals surface area contributed by atoms with E-state index in [2.05, 4.69) is 91.8 Å². The van der Waals surface area contributed by atoms with Crippen molar-refractivity contribution < 1.29 is 13.6 Å². The highest BCUT2D eigenvalue weighted by Crippen LogP contribution is 2.41. The minimum Gasteiger partial charge on any atom is -0.415 e. The van der Waals surface area contributed by atoms with Crippen molar-refractivity contribution in [1.82, 2.24) is 5.32 Å². The van der Waals surface area contributed by atoms with Gasteiger partial charge in [-0.1, -0.05) is 78.0 Å². The minimum absolute atomic E-state index is 0.0187. The van der Waals surface area contributed by atoms with Crippen molar-refractivity contribution in [2.24, 2.45) is 0 Å². The second-order valence-corrected chi connectivity index (χ2v) is 21.4. The summed E-state index contributed by atoms with van der Waals surface area (Å²) in [6, 6.07) is 10.3. The van der Waals surface area contributed by atoms with Crippen molar-refractivity contribution in [3.8, 4) is 0 Å². The molecule has 0 saturated carbocycles. The fraction of sp³-hybridized carbons (Fsp3) is 0.680. The topological polar surface area (TPSA) is 39.7 Å². The van der Waals surface area contributed by atoms with Crippen LogP contribution in [0.2, 0.25) is 36.3 Å². The summed E-state index contributed by atoms with van der Waals surface area (Å²) in [4.78, 5) is 0. The van der Waals surface area contributed by atoms with E-state index in [0.717, 1.165) is 5.56 Å². The van der Waals surface area contributed by atoms with Gasteiger partial charge in [-0.05, 0) is 41.8 Å². The van der Waals surface area contributed by atoms with Crippen molar-refractivity contribution in [1.29, 1.82) is 0 Å². The van der Waals surface area contributed by atoms with Gasteiger partial charge in [0, 0.05) is 0 Å². The lowest BCUT2D eigenvalue weighted by Gasteiger charge is -2.48. The molecule has 0 bridgehead atoms. The number of benzene rings is 1. The predicted octanol–water partition coefficient (Wildman–Crippen LogP) is 6.64. The maximum Gasteiger partial charge on any atom is 0.192 e. The molecule has 4 atom stereocenters. The maximum atomic E-state index is 6.91. The molecule has 1 N–H and O–H groups in total. The molecule has 0 aromatic heterocycles. The van der Waals surface area contributed by atoms with Gasteiger partial charge in [-0.2, -0.15) is 0 Å². The Kier molecular flexibility index (Phi) is 8.21. The molecule has 1 unspecified atom stereocenters. The lowest BCUT2D eigenvalue weighted by atomic mass is 10.0. The van der Waals surface area contributed by atoms with E-state index in [1.165, 1.54) is 0 Å². The average Bonchev–Trinajstić information content (AvgIpc) is 2.65.